The molecular weight excluding hydrogens is 384 g/mol. The van der Waals surface area contributed by atoms with Crippen molar-refractivity contribution >= 4 is 21.6 Å². The summed E-state index contributed by atoms with van der Waals surface area (Å²) < 4.78 is 28.2. The monoisotopic (exact) mass is 408 g/mol. The Morgan fingerprint density at radius 2 is 1.52 bits per heavy atom. The molecule has 0 radical (unpaired) electrons. The van der Waals surface area contributed by atoms with E-state index >= 15 is 0 Å². The SMILES string of the molecule is CC(C)NC(=O)c1cccc(N(Cc2ccccc2)S(=O)(=O)c2ccccc2)c1. The maximum Gasteiger partial charge on any atom is 0.264 e. The Kier molecular flexibility index (Phi) is 6.34. The highest BCUT2D eigenvalue weighted by Gasteiger charge is 2.25. The van der Waals surface area contributed by atoms with Crippen molar-refractivity contribution in [3.63, 3.8) is 0 Å². The van der Waals surface area contributed by atoms with Crippen LogP contribution in [0.4, 0.5) is 5.69 Å². The number of hydrogen-bond acceptors (Lipinski definition) is 3. The van der Waals surface area contributed by atoms with Gasteiger partial charge in [0, 0.05) is 11.6 Å². The van der Waals surface area contributed by atoms with E-state index in [2.05, 4.69) is 5.32 Å². The zero-order valence-electron chi connectivity index (χ0n) is 16.4. The number of sulfonamides is 1. The molecule has 0 unspecified atom stereocenters. The molecule has 29 heavy (non-hydrogen) atoms. The molecule has 0 saturated heterocycles. The lowest BCUT2D eigenvalue weighted by atomic mass is 10.1. The van der Waals surface area contributed by atoms with Crippen LogP contribution in [0.25, 0.3) is 0 Å². The molecule has 6 heteroatoms. The Morgan fingerprint density at radius 3 is 2.14 bits per heavy atom. The molecule has 0 saturated carbocycles. The van der Waals surface area contributed by atoms with Gasteiger partial charge in [-0.15, -0.1) is 0 Å². The van der Waals surface area contributed by atoms with Crippen LogP contribution in [0, 0.1) is 0 Å². The van der Waals surface area contributed by atoms with E-state index in [0.717, 1.165) is 5.56 Å². The van der Waals surface area contributed by atoms with Crippen molar-refractivity contribution in [2.24, 2.45) is 0 Å². The first kappa shape index (κ1) is 20.6. The predicted molar refractivity (Wildman–Crippen MR) is 115 cm³/mol. The summed E-state index contributed by atoms with van der Waals surface area (Å²) in [6.45, 7) is 3.92. The predicted octanol–water partition coefficient (Wildman–Crippen LogP) is 4.22. The van der Waals surface area contributed by atoms with Gasteiger partial charge in [-0.25, -0.2) is 8.42 Å². The molecule has 150 valence electrons. The first-order valence-corrected chi connectivity index (χ1v) is 10.8. The van der Waals surface area contributed by atoms with Crippen LogP contribution in [-0.4, -0.2) is 20.4 Å². The van der Waals surface area contributed by atoms with E-state index in [1.54, 1.807) is 54.6 Å². The molecule has 1 N–H and O–H groups in total. The molecule has 1 amide bonds. The zero-order chi connectivity index (χ0) is 20.9. The molecule has 3 aromatic rings. The highest BCUT2D eigenvalue weighted by Crippen LogP contribution is 2.27. The summed E-state index contributed by atoms with van der Waals surface area (Å²) in [7, 11) is -3.82. The normalized spacial score (nSPS) is 11.3. The number of nitrogens with one attached hydrogen (secondary N) is 1. The van der Waals surface area contributed by atoms with Crippen LogP contribution in [0.5, 0.6) is 0 Å². The number of nitrogens with zero attached hydrogens (tertiary/aromatic N) is 1. The smallest absolute Gasteiger partial charge is 0.264 e. The van der Waals surface area contributed by atoms with Gasteiger partial charge >= 0.3 is 0 Å². The fourth-order valence-corrected chi connectivity index (χ4v) is 4.40. The highest BCUT2D eigenvalue weighted by molar-refractivity contribution is 7.92. The Hall–Kier alpha value is -3.12. The van der Waals surface area contributed by atoms with E-state index in [1.165, 1.54) is 4.31 Å². The first-order chi connectivity index (χ1) is 13.9. The fourth-order valence-electron chi connectivity index (χ4n) is 2.93. The van der Waals surface area contributed by atoms with Crippen LogP contribution in [-0.2, 0) is 16.6 Å². The third-order valence-electron chi connectivity index (χ3n) is 4.32. The largest absolute Gasteiger partial charge is 0.350 e. The van der Waals surface area contributed by atoms with Gasteiger partial charge in [-0.05, 0) is 49.7 Å². The van der Waals surface area contributed by atoms with E-state index in [0.29, 0.717) is 11.3 Å². The maximum atomic E-state index is 13.4. The Bertz CT molecular complexity index is 1070. The molecule has 0 heterocycles. The molecule has 0 atom stereocenters. The molecule has 0 aliphatic heterocycles. The minimum Gasteiger partial charge on any atom is -0.350 e. The van der Waals surface area contributed by atoms with E-state index in [1.807, 2.05) is 44.2 Å². The third kappa shape index (κ3) is 5.03. The van der Waals surface area contributed by atoms with Crippen molar-refractivity contribution in [1.29, 1.82) is 0 Å². The lowest BCUT2D eigenvalue weighted by Crippen LogP contribution is -2.32. The van der Waals surface area contributed by atoms with Crippen LogP contribution in [0.3, 0.4) is 0 Å². The molecule has 0 aromatic heterocycles. The fraction of sp³-hybridized carbons (Fsp3) is 0.174. The standard InChI is InChI=1S/C23H24N2O3S/c1-18(2)24-23(26)20-12-9-13-21(16-20)25(17-19-10-5-3-6-11-19)29(27,28)22-14-7-4-8-15-22/h3-16,18H,17H2,1-2H3,(H,24,26). The summed E-state index contributed by atoms with van der Waals surface area (Å²) >= 11 is 0. The maximum absolute atomic E-state index is 13.4. The summed E-state index contributed by atoms with van der Waals surface area (Å²) in [6, 6.07) is 24.4. The van der Waals surface area contributed by atoms with E-state index in [9.17, 15) is 13.2 Å². The van der Waals surface area contributed by atoms with Gasteiger partial charge in [-0.3, -0.25) is 9.10 Å². The van der Waals surface area contributed by atoms with E-state index < -0.39 is 10.0 Å². The Labute approximate surface area is 172 Å². The van der Waals surface area contributed by atoms with E-state index in [-0.39, 0.29) is 23.4 Å². The van der Waals surface area contributed by atoms with Crippen molar-refractivity contribution in [3.8, 4) is 0 Å². The second kappa shape index (κ2) is 8.92. The molecule has 0 bridgehead atoms. The minimum atomic E-state index is -3.82. The number of carbonyl (C=O) groups is 1. The summed E-state index contributed by atoms with van der Waals surface area (Å²) in [5, 5.41) is 2.84. The second-order valence-electron chi connectivity index (χ2n) is 6.99. The lowest BCUT2D eigenvalue weighted by molar-refractivity contribution is 0.0943. The molecule has 0 aliphatic rings. The first-order valence-electron chi connectivity index (χ1n) is 9.40. The van der Waals surface area contributed by atoms with E-state index in [4.69, 9.17) is 0 Å². The minimum absolute atomic E-state index is 0.0142. The van der Waals surface area contributed by atoms with Crippen molar-refractivity contribution in [2.45, 2.75) is 31.3 Å². The van der Waals surface area contributed by atoms with Crippen LogP contribution in [0.15, 0.2) is 89.8 Å². The van der Waals surface area contributed by atoms with Gasteiger partial charge < -0.3 is 5.32 Å². The average molecular weight is 409 g/mol. The summed E-state index contributed by atoms with van der Waals surface area (Å²) in [5.41, 5.74) is 1.70. The summed E-state index contributed by atoms with van der Waals surface area (Å²) in [5.74, 6) is -0.237. The molecule has 3 aromatic carbocycles. The number of benzene rings is 3. The van der Waals surface area contributed by atoms with Crippen molar-refractivity contribution in [2.75, 3.05) is 4.31 Å². The van der Waals surface area contributed by atoms with Crippen molar-refractivity contribution in [3.05, 3.63) is 96.1 Å². The number of carbonyl (C=O) groups excluding carboxylic acids is 1. The molecule has 0 spiro atoms. The number of hydrogen-bond donors (Lipinski definition) is 1. The Morgan fingerprint density at radius 1 is 0.897 bits per heavy atom. The third-order valence-corrected chi connectivity index (χ3v) is 6.10. The molecule has 3 rings (SSSR count). The summed E-state index contributed by atoms with van der Waals surface area (Å²) in [6.07, 6.45) is 0. The van der Waals surface area contributed by atoms with Gasteiger partial charge in [0.1, 0.15) is 0 Å². The highest BCUT2D eigenvalue weighted by atomic mass is 32.2. The number of anilines is 1. The second-order valence-corrected chi connectivity index (χ2v) is 8.85. The molecule has 0 aliphatic carbocycles. The van der Waals surface area contributed by atoms with Crippen LogP contribution in [0.2, 0.25) is 0 Å². The molecule has 5 nitrogen and oxygen atoms in total. The lowest BCUT2D eigenvalue weighted by Gasteiger charge is -2.25. The van der Waals surface area contributed by atoms with Gasteiger partial charge in [0.05, 0.1) is 17.1 Å². The molecule has 0 fully saturated rings. The van der Waals surface area contributed by atoms with Crippen molar-refractivity contribution < 1.29 is 13.2 Å². The zero-order valence-corrected chi connectivity index (χ0v) is 17.3. The van der Waals surface area contributed by atoms with Gasteiger partial charge in [0.2, 0.25) is 0 Å². The summed E-state index contributed by atoms with van der Waals surface area (Å²) in [4.78, 5) is 12.6. The Balaban J connectivity index is 2.05. The van der Waals surface area contributed by atoms with Crippen molar-refractivity contribution in [1.82, 2.24) is 5.32 Å². The topological polar surface area (TPSA) is 66.5 Å². The van der Waals surface area contributed by atoms with Gasteiger partial charge in [0.25, 0.3) is 15.9 Å². The van der Waals surface area contributed by atoms with Crippen LogP contribution >= 0.6 is 0 Å². The number of rotatable bonds is 7. The van der Waals surface area contributed by atoms with Gasteiger partial charge in [0.15, 0.2) is 0 Å². The van der Waals surface area contributed by atoms with Gasteiger partial charge in [-0.1, -0.05) is 54.6 Å². The van der Waals surface area contributed by atoms with Crippen LogP contribution < -0.4 is 9.62 Å². The van der Waals surface area contributed by atoms with Gasteiger partial charge in [-0.2, -0.15) is 0 Å². The quantitative estimate of drug-likeness (QED) is 0.636. The number of amides is 1. The van der Waals surface area contributed by atoms with Crippen LogP contribution in [0.1, 0.15) is 29.8 Å². The molecular formula is C23H24N2O3S. The average Bonchev–Trinajstić information content (AvgIpc) is 2.73.